The predicted octanol–water partition coefficient (Wildman–Crippen LogP) is 5.01. The number of carbonyl (C=O) groups excluding carboxylic acids is 1. The maximum atomic E-state index is 11.6. The number of piperidine rings is 1. The smallest absolute Gasteiger partial charge is 0.221 e. The van der Waals surface area contributed by atoms with Crippen molar-refractivity contribution in [3.05, 3.63) is 90.5 Å². The van der Waals surface area contributed by atoms with Gasteiger partial charge in [-0.15, -0.1) is 0 Å². The average Bonchev–Trinajstić information content (AvgIpc) is 3.41. The Morgan fingerprint density at radius 1 is 1.00 bits per heavy atom. The fourth-order valence-corrected chi connectivity index (χ4v) is 5.42. The number of aromatic nitrogens is 2. The van der Waals surface area contributed by atoms with Gasteiger partial charge in [0.2, 0.25) is 5.91 Å². The van der Waals surface area contributed by atoms with Gasteiger partial charge in [0, 0.05) is 31.5 Å². The van der Waals surface area contributed by atoms with Crippen molar-refractivity contribution in [1.29, 1.82) is 0 Å². The van der Waals surface area contributed by atoms with Crippen LogP contribution in [0.2, 0.25) is 0 Å². The van der Waals surface area contributed by atoms with Crippen LogP contribution >= 0.6 is 0 Å². The molecule has 1 fully saturated rings. The van der Waals surface area contributed by atoms with Crippen LogP contribution in [0, 0.1) is 0 Å². The summed E-state index contributed by atoms with van der Waals surface area (Å²) in [5.74, 6) is 2.37. The first kappa shape index (κ1) is 22.4. The van der Waals surface area contributed by atoms with Crippen LogP contribution in [0.5, 0.6) is 11.5 Å². The third kappa shape index (κ3) is 4.33. The molecule has 7 heteroatoms. The lowest BCUT2D eigenvalue weighted by Crippen LogP contribution is -2.43. The van der Waals surface area contributed by atoms with Gasteiger partial charge in [-0.3, -0.25) is 9.69 Å². The summed E-state index contributed by atoms with van der Waals surface area (Å²) in [7, 11) is 0. The van der Waals surface area contributed by atoms with E-state index in [4.69, 9.17) is 10.5 Å². The Hall–Kier alpha value is -4.10. The number of nitrogens with zero attached hydrogens (tertiary/aromatic N) is 3. The van der Waals surface area contributed by atoms with Crippen molar-refractivity contribution in [2.75, 3.05) is 18.0 Å². The molecular formula is C29H29N5O2. The van der Waals surface area contributed by atoms with E-state index in [1.165, 1.54) is 0 Å². The number of nitrogens with two attached hydrogens (primary N) is 1. The lowest BCUT2D eigenvalue weighted by Gasteiger charge is -2.42. The minimum absolute atomic E-state index is 0.208. The molecule has 2 aliphatic rings. The van der Waals surface area contributed by atoms with E-state index in [1.54, 1.807) is 0 Å². The molecule has 3 N–H and O–H groups in total. The van der Waals surface area contributed by atoms with Gasteiger partial charge in [0.25, 0.3) is 0 Å². The second kappa shape index (κ2) is 9.51. The Bertz CT molecular complexity index is 1380. The molecule has 0 bridgehead atoms. The van der Waals surface area contributed by atoms with Crippen LogP contribution in [0.25, 0.3) is 11.1 Å². The van der Waals surface area contributed by atoms with Gasteiger partial charge in [-0.2, -0.15) is 0 Å². The van der Waals surface area contributed by atoms with E-state index in [9.17, 15) is 4.79 Å². The molecule has 0 unspecified atom stereocenters. The maximum absolute atomic E-state index is 11.6. The number of rotatable bonds is 6. The summed E-state index contributed by atoms with van der Waals surface area (Å²) < 4.78 is 6.42. The number of para-hydroxylation sites is 2. The minimum atomic E-state index is -0.338. The Balaban J connectivity index is 1.31. The first-order valence-corrected chi connectivity index (χ1v) is 12.4. The van der Waals surface area contributed by atoms with Crippen LogP contribution in [0.1, 0.15) is 24.2 Å². The Morgan fingerprint density at radius 3 is 2.58 bits per heavy atom. The van der Waals surface area contributed by atoms with Crippen LogP contribution in [0.4, 0.5) is 11.4 Å². The summed E-state index contributed by atoms with van der Waals surface area (Å²) in [6, 6.07) is 22.9. The van der Waals surface area contributed by atoms with Crippen LogP contribution in [0.3, 0.4) is 0 Å². The number of fused-ring (bicyclic) bond motifs is 2. The number of amides is 1. The van der Waals surface area contributed by atoms with Crippen molar-refractivity contribution in [3.8, 4) is 22.6 Å². The largest absolute Gasteiger partial charge is 0.453 e. The van der Waals surface area contributed by atoms with Crippen LogP contribution in [-0.2, 0) is 17.8 Å². The number of hydrogen-bond acceptors (Lipinski definition) is 5. The van der Waals surface area contributed by atoms with E-state index in [0.717, 1.165) is 77.9 Å². The number of primary amides is 1. The Labute approximate surface area is 210 Å². The van der Waals surface area contributed by atoms with E-state index in [0.29, 0.717) is 6.04 Å². The summed E-state index contributed by atoms with van der Waals surface area (Å²) in [6.07, 6.45) is 6.00. The standard InChI is InChI=1S/C29H29N5O2/c30-28(35)18-20-5-1-2-6-23(20)21-9-10-25-27(17-21)36-26-8-4-3-7-24(26)34(25)22-11-15-33(16-12-22)19-29-31-13-14-32-29/h1-10,13-14,17,22H,11-12,15-16,18-19H2,(H2,30,35)(H,31,32). The van der Waals surface area contributed by atoms with Crippen LogP contribution < -0.4 is 15.4 Å². The molecule has 4 aromatic rings. The number of ether oxygens (including phenoxy) is 1. The van der Waals surface area contributed by atoms with Gasteiger partial charge >= 0.3 is 0 Å². The SMILES string of the molecule is NC(=O)Cc1ccccc1-c1ccc2c(c1)Oc1ccccc1N2C1CCN(Cc2ncc[nH]2)CC1. The van der Waals surface area contributed by atoms with Gasteiger partial charge in [0.1, 0.15) is 5.82 Å². The summed E-state index contributed by atoms with van der Waals surface area (Å²) in [6.45, 7) is 2.88. The molecule has 6 rings (SSSR count). The molecule has 0 spiro atoms. The molecule has 0 saturated carbocycles. The van der Waals surface area contributed by atoms with Crippen molar-refractivity contribution in [1.82, 2.24) is 14.9 Å². The zero-order chi connectivity index (χ0) is 24.5. The molecule has 182 valence electrons. The van der Waals surface area contributed by atoms with Gasteiger partial charge in [0.15, 0.2) is 11.5 Å². The van der Waals surface area contributed by atoms with Crippen molar-refractivity contribution < 1.29 is 9.53 Å². The molecule has 0 radical (unpaired) electrons. The maximum Gasteiger partial charge on any atom is 0.221 e. The van der Waals surface area contributed by atoms with E-state index in [1.807, 2.05) is 48.8 Å². The third-order valence-corrected chi connectivity index (χ3v) is 7.11. The molecule has 1 aromatic heterocycles. The summed E-state index contributed by atoms with van der Waals surface area (Å²) in [4.78, 5) is 24.1. The van der Waals surface area contributed by atoms with Crippen molar-refractivity contribution >= 4 is 17.3 Å². The first-order valence-electron chi connectivity index (χ1n) is 12.4. The number of hydrogen-bond donors (Lipinski definition) is 2. The molecular weight excluding hydrogens is 450 g/mol. The number of likely N-dealkylation sites (tertiary alicyclic amines) is 1. The molecule has 1 saturated heterocycles. The van der Waals surface area contributed by atoms with Crippen LogP contribution in [0.15, 0.2) is 79.1 Å². The zero-order valence-corrected chi connectivity index (χ0v) is 20.1. The number of aromatic amines is 1. The fraction of sp³-hybridized carbons (Fsp3) is 0.241. The lowest BCUT2D eigenvalue weighted by molar-refractivity contribution is -0.117. The normalized spacial score (nSPS) is 15.7. The van der Waals surface area contributed by atoms with Crippen molar-refractivity contribution in [2.45, 2.75) is 31.8 Å². The number of imidazole rings is 1. The second-order valence-corrected chi connectivity index (χ2v) is 9.47. The summed E-state index contributed by atoms with van der Waals surface area (Å²) >= 11 is 0. The number of carbonyl (C=O) groups is 1. The van der Waals surface area contributed by atoms with Crippen molar-refractivity contribution in [3.63, 3.8) is 0 Å². The highest BCUT2D eigenvalue weighted by Gasteiger charge is 2.32. The minimum Gasteiger partial charge on any atom is -0.453 e. The highest BCUT2D eigenvalue weighted by atomic mass is 16.5. The van der Waals surface area contributed by atoms with Gasteiger partial charge in [-0.25, -0.2) is 4.98 Å². The monoisotopic (exact) mass is 479 g/mol. The van der Waals surface area contributed by atoms with Gasteiger partial charge in [-0.1, -0.05) is 42.5 Å². The van der Waals surface area contributed by atoms with E-state index < -0.39 is 0 Å². The number of benzene rings is 3. The van der Waals surface area contributed by atoms with Gasteiger partial charge in [-0.05, 0) is 53.8 Å². The molecule has 0 aliphatic carbocycles. The van der Waals surface area contributed by atoms with Crippen molar-refractivity contribution in [2.24, 2.45) is 5.73 Å². The first-order chi connectivity index (χ1) is 17.7. The number of nitrogens with one attached hydrogen (secondary N) is 1. The Morgan fingerprint density at radius 2 is 1.78 bits per heavy atom. The highest BCUT2D eigenvalue weighted by Crippen LogP contribution is 2.50. The summed E-state index contributed by atoms with van der Waals surface area (Å²) in [5.41, 5.74) is 10.6. The molecule has 3 heterocycles. The molecule has 7 nitrogen and oxygen atoms in total. The lowest BCUT2D eigenvalue weighted by atomic mass is 9.95. The molecule has 1 amide bonds. The van der Waals surface area contributed by atoms with E-state index >= 15 is 0 Å². The van der Waals surface area contributed by atoms with Crippen LogP contribution in [-0.4, -0.2) is 39.9 Å². The molecule has 2 aliphatic heterocycles. The zero-order valence-electron chi connectivity index (χ0n) is 20.1. The Kier molecular flexibility index (Phi) is 5.91. The average molecular weight is 480 g/mol. The predicted molar refractivity (Wildman–Crippen MR) is 140 cm³/mol. The third-order valence-electron chi connectivity index (χ3n) is 7.11. The van der Waals surface area contributed by atoms with Gasteiger partial charge in [0.05, 0.1) is 24.3 Å². The molecule has 0 atom stereocenters. The second-order valence-electron chi connectivity index (χ2n) is 9.47. The highest BCUT2D eigenvalue weighted by molar-refractivity contribution is 5.84. The number of H-pyrrole nitrogens is 1. The summed E-state index contributed by atoms with van der Waals surface area (Å²) in [5, 5.41) is 0. The van der Waals surface area contributed by atoms with E-state index in [-0.39, 0.29) is 12.3 Å². The topological polar surface area (TPSA) is 87.5 Å². The molecule has 3 aromatic carbocycles. The van der Waals surface area contributed by atoms with Gasteiger partial charge < -0.3 is 20.4 Å². The van der Waals surface area contributed by atoms with E-state index in [2.05, 4.69) is 50.1 Å². The molecule has 36 heavy (non-hydrogen) atoms. The quantitative estimate of drug-likeness (QED) is 0.406. The number of anilines is 2. The fourth-order valence-electron chi connectivity index (χ4n) is 5.42.